The van der Waals surface area contributed by atoms with Crippen LogP contribution in [0.15, 0.2) is 23.2 Å². The first-order valence-electron chi connectivity index (χ1n) is 6.90. The van der Waals surface area contributed by atoms with E-state index in [1.165, 1.54) is 11.1 Å². The number of aryl methyl sites for hydroxylation is 2. The summed E-state index contributed by atoms with van der Waals surface area (Å²) < 4.78 is 5.81. The number of para-hydroxylation sites is 1. The normalized spacial score (nSPS) is 9.40. The predicted octanol–water partition coefficient (Wildman–Crippen LogP) is 2.88. The number of guanidine groups is 1. The molecule has 2 N–H and O–H groups in total. The van der Waals surface area contributed by atoms with E-state index in [1.807, 2.05) is 6.07 Å². The summed E-state index contributed by atoms with van der Waals surface area (Å²) in [5, 5.41) is 6.38. The molecule has 1 aromatic carbocycles. The third-order valence-corrected chi connectivity index (χ3v) is 2.70. The summed E-state index contributed by atoms with van der Waals surface area (Å²) in [4.78, 5) is 4.45. The van der Waals surface area contributed by atoms with Crippen molar-refractivity contribution < 1.29 is 4.74 Å². The fourth-order valence-corrected chi connectivity index (χ4v) is 1.84. The second kappa shape index (κ2) is 10.8. The van der Waals surface area contributed by atoms with Gasteiger partial charge >= 0.3 is 0 Å². The van der Waals surface area contributed by atoms with E-state index in [2.05, 4.69) is 55.5 Å². The van der Waals surface area contributed by atoms with Crippen molar-refractivity contribution in [2.75, 3.05) is 26.2 Å². The highest BCUT2D eigenvalue weighted by molar-refractivity contribution is 14.0. The lowest BCUT2D eigenvalue weighted by atomic mass is 10.1. The Balaban J connectivity index is 0.00000361. The van der Waals surface area contributed by atoms with Gasteiger partial charge in [0.15, 0.2) is 5.96 Å². The summed E-state index contributed by atoms with van der Waals surface area (Å²) in [5.74, 6) is 1.82. The van der Waals surface area contributed by atoms with Gasteiger partial charge in [0.25, 0.3) is 0 Å². The highest BCUT2D eigenvalue weighted by Crippen LogP contribution is 2.21. The fourth-order valence-electron chi connectivity index (χ4n) is 1.84. The van der Waals surface area contributed by atoms with E-state index in [9.17, 15) is 0 Å². The summed E-state index contributed by atoms with van der Waals surface area (Å²) in [5.41, 5.74) is 2.34. The maximum absolute atomic E-state index is 5.81. The zero-order valence-corrected chi connectivity index (χ0v) is 15.2. The molecule has 0 aliphatic heterocycles. The van der Waals surface area contributed by atoms with Crippen LogP contribution in [0.3, 0.4) is 0 Å². The Labute approximate surface area is 139 Å². The molecule has 0 bridgehead atoms. The number of benzene rings is 1. The van der Waals surface area contributed by atoms with Crippen LogP contribution in [0.1, 0.15) is 25.0 Å². The Kier molecular flexibility index (Phi) is 10.2. The van der Waals surface area contributed by atoms with Crippen LogP contribution in [0.2, 0.25) is 0 Å². The van der Waals surface area contributed by atoms with Gasteiger partial charge in [-0.2, -0.15) is 0 Å². The van der Waals surface area contributed by atoms with E-state index in [0.29, 0.717) is 13.2 Å². The minimum atomic E-state index is 0. The summed E-state index contributed by atoms with van der Waals surface area (Å²) in [6.07, 6.45) is 0. The molecule has 114 valence electrons. The van der Waals surface area contributed by atoms with Crippen LogP contribution in [-0.2, 0) is 0 Å². The minimum Gasteiger partial charge on any atom is -0.491 e. The van der Waals surface area contributed by atoms with Crippen molar-refractivity contribution in [1.82, 2.24) is 10.6 Å². The van der Waals surface area contributed by atoms with Gasteiger partial charge < -0.3 is 15.4 Å². The molecular formula is C15H26IN3O. The number of nitrogens with zero attached hydrogens (tertiary/aromatic N) is 1. The monoisotopic (exact) mass is 391 g/mol. The van der Waals surface area contributed by atoms with Gasteiger partial charge in [-0.15, -0.1) is 24.0 Å². The van der Waals surface area contributed by atoms with Crippen molar-refractivity contribution in [3.8, 4) is 5.75 Å². The Morgan fingerprint density at radius 1 is 1.10 bits per heavy atom. The van der Waals surface area contributed by atoms with Crippen molar-refractivity contribution in [2.45, 2.75) is 27.7 Å². The van der Waals surface area contributed by atoms with Gasteiger partial charge in [0.2, 0.25) is 0 Å². The first-order chi connectivity index (χ1) is 9.19. The molecule has 1 rings (SSSR count). The zero-order valence-electron chi connectivity index (χ0n) is 12.8. The first kappa shape index (κ1) is 19.0. The Morgan fingerprint density at radius 3 is 2.15 bits per heavy atom. The maximum Gasteiger partial charge on any atom is 0.191 e. The van der Waals surface area contributed by atoms with E-state index < -0.39 is 0 Å². The molecule has 0 heterocycles. The third kappa shape index (κ3) is 6.45. The molecule has 0 aliphatic carbocycles. The average molecular weight is 391 g/mol. The summed E-state index contributed by atoms with van der Waals surface area (Å²) in [7, 11) is 0. The van der Waals surface area contributed by atoms with Gasteiger partial charge in [-0.3, -0.25) is 0 Å². The van der Waals surface area contributed by atoms with Crippen LogP contribution < -0.4 is 15.4 Å². The van der Waals surface area contributed by atoms with Crippen molar-refractivity contribution >= 4 is 29.9 Å². The van der Waals surface area contributed by atoms with Gasteiger partial charge in [-0.25, -0.2) is 4.99 Å². The molecule has 0 aromatic heterocycles. The average Bonchev–Trinajstić information content (AvgIpc) is 2.37. The topological polar surface area (TPSA) is 45.7 Å². The molecule has 0 saturated heterocycles. The molecule has 5 heteroatoms. The summed E-state index contributed by atoms with van der Waals surface area (Å²) >= 11 is 0. The number of ether oxygens (including phenoxy) is 1. The Morgan fingerprint density at radius 2 is 1.65 bits per heavy atom. The van der Waals surface area contributed by atoms with Crippen LogP contribution in [-0.4, -0.2) is 32.2 Å². The van der Waals surface area contributed by atoms with Crippen LogP contribution in [0.4, 0.5) is 0 Å². The van der Waals surface area contributed by atoms with Gasteiger partial charge in [-0.05, 0) is 38.8 Å². The number of hydrogen-bond acceptors (Lipinski definition) is 2. The molecule has 0 saturated carbocycles. The van der Waals surface area contributed by atoms with Gasteiger partial charge in [-0.1, -0.05) is 18.2 Å². The van der Waals surface area contributed by atoms with Crippen LogP contribution in [0, 0.1) is 13.8 Å². The molecule has 0 radical (unpaired) electrons. The Hall–Kier alpha value is -0.980. The van der Waals surface area contributed by atoms with Crippen molar-refractivity contribution in [3.05, 3.63) is 29.3 Å². The maximum atomic E-state index is 5.81. The lowest BCUT2D eigenvalue weighted by Crippen LogP contribution is -2.37. The smallest absolute Gasteiger partial charge is 0.191 e. The van der Waals surface area contributed by atoms with E-state index in [1.54, 1.807) is 0 Å². The lowest BCUT2D eigenvalue weighted by molar-refractivity contribution is 0.324. The molecule has 0 atom stereocenters. The lowest BCUT2D eigenvalue weighted by Gasteiger charge is -2.12. The quantitative estimate of drug-likeness (QED) is 0.339. The third-order valence-electron chi connectivity index (χ3n) is 2.70. The zero-order chi connectivity index (χ0) is 14.1. The number of rotatable bonds is 6. The van der Waals surface area contributed by atoms with E-state index >= 15 is 0 Å². The molecule has 0 unspecified atom stereocenters. The summed E-state index contributed by atoms with van der Waals surface area (Å²) in [6, 6.07) is 6.17. The molecule has 20 heavy (non-hydrogen) atoms. The van der Waals surface area contributed by atoms with Crippen molar-refractivity contribution in [2.24, 2.45) is 4.99 Å². The first-order valence-corrected chi connectivity index (χ1v) is 6.90. The van der Waals surface area contributed by atoms with Crippen LogP contribution in [0.5, 0.6) is 5.75 Å². The largest absolute Gasteiger partial charge is 0.491 e. The molecule has 0 spiro atoms. The predicted molar refractivity (Wildman–Crippen MR) is 96.5 cm³/mol. The van der Waals surface area contributed by atoms with Crippen molar-refractivity contribution in [1.29, 1.82) is 0 Å². The highest BCUT2D eigenvalue weighted by atomic mass is 127. The molecular weight excluding hydrogens is 365 g/mol. The number of halogens is 1. The number of aliphatic imine (C=N–C) groups is 1. The van der Waals surface area contributed by atoms with Crippen LogP contribution in [0.25, 0.3) is 0 Å². The number of nitrogens with one attached hydrogen (secondary N) is 2. The molecule has 0 aliphatic rings. The molecule has 0 amide bonds. The minimum absolute atomic E-state index is 0. The van der Waals surface area contributed by atoms with E-state index in [-0.39, 0.29) is 24.0 Å². The van der Waals surface area contributed by atoms with E-state index in [4.69, 9.17) is 4.74 Å². The van der Waals surface area contributed by atoms with E-state index in [0.717, 1.165) is 24.8 Å². The summed E-state index contributed by atoms with van der Waals surface area (Å²) in [6.45, 7) is 11.2. The molecule has 1 aromatic rings. The number of hydrogen-bond donors (Lipinski definition) is 2. The molecule has 0 fully saturated rings. The van der Waals surface area contributed by atoms with Gasteiger partial charge in [0.1, 0.15) is 12.4 Å². The van der Waals surface area contributed by atoms with Crippen LogP contribution >= 0.6 is 24.0 Å². The fraction of sp³-hybridized carbons (Fsp3) is 0.533. The second-order valence-corrected chi connectivity index (χ2v) is 4.36. The highest BCUT2D eigenvalue weighted by Gasteiger charge is 2.02. The second-order valence-electron chi connectivity index (χ2n) is 4.36. The van der Waals surface area contributed by atoms with Crippen molar-refractivity contribution in [3.63, 3.8) is 0 Å². The standard InChI is InChI=1S/C15H25N3O.HI/c1-5-16-15(17-6-2)18-10-11-19-14-12(3)8-7-9-13(14)4;/h7-9H,5-6,10-11H2,1-4H3,(H2,16,17,18);1H. The SMILES string of the molecule is CCNC(=NCCOc1c(C)cccc1C)NCC.I. The Bertz CT molecular complexity index is 393. The van der Waals surface area contributed by atoms with Gasteiger partial charge in [0.05, 0.1) is 6.54 Å². The molecule has 4 nitrogen and oxygen atoms in total. The van der Waals surface area contributed by atoms with Gasteiger partial charge in [0, 0.05) is 13.1 Å².